The van der Waals surface area contributed by atoms with Crippen molar-refractivity contribution in [2.45, 2.75) is 57.8 Å². The Morgan fingerprint density at radius 1 is 1.32 bits per heavy atom. The van der Waals surface area contributed by atoms with Crippen molar-refractivity contribution in [1.82, 2.24) is 20.2 Å². The van der Waals surface area contributed by atoms with E-state index in [1.54, 1.807) is 52.2 Å². The molecule has 1 aromatic heterocycles. The number of ether oxygens (including phenoxy) is 1. The van der Waals surface area contributed by atoms with E-state index in [4.69, 9.17) is 10.00 Å². The van der Waals surface area contributed by atoms with Crippen LogP contribution in [0.5, 0.6) is 0 Å². The quantitative estimate of drug-likeness (QED) is 0.371. The average molecular weight is 522 g/mol. The minimum Gasteiger partial charge on any atom is -0.444 e. The Hall–Kier alpha value is -4.38. The summed E-state index contributed by atoms with van der Waals surface area (Å²) in [6.45, 7) is 5.34. The summed E-state index contributed by atoms with van der Waals surface area (Å²) in [5.74, 6) is 6.57. The van der Waals surface area contributed by atoms with Crippen LogP contribution in [0.15, 0.2) is 30.5 Å². The number of nitrogens with zero attached hydrogens (tertiary/aromatic N) is 4. The van der Waals surface area contributed by atoms with Crippen molar-refractivity contribution < 1.29 is 18.7 Å². The van der Waals surface area contributed by atoms with E-state index in [1.165, 1.54) is 0 Å². The Labute approximate surface area is 222 Å². The number of carbonyl (C=O) groups is 2. The molecule has 200 valence electrons. The number of nitrogens with one attached hydrogen (secondary N) is 3. The van der Waals surface area contributed by atoms with Crippen LogP contribution < -0.4 is 16.0 Å². The second-order valence-corrected chi connectivity index (χ2v) is 9.70. The van der Waals surface area contributed by atoms with Crippen LogP contribution in [0.2, 0.25) is 0 Å². The third kappa shape index (κ3) is 8.07. The van der Waals surface area contributed by atoms with Gasteiger partial charge in [0.05, 0.1) is 29.9 Å². The van der Waals surface area contributed by atoms with Gasteiger partial charge in [-0.1, -0.05) is 17.9 Å². The largest absolute Gasteiger partial charge is 0.444 e. The molecular weight excluding hydrogens is 489 g/mol. The zero-order valence-corrected chi connectivity index (χ0v) is 22.0. The molecule has 11 heteroatoms. The number of nitriles is 1. The molecule has 0 saturated carbocycles. The first-order chi connectivity index (χ1) is 18.1. The first kappa shape index (κ1) is 28.2. The molecule has 0 unspecified atom stereocenters. The highest BCUT2D eigenvalue weighted by Crippen LogP contribution is 2.23. The number of amides is 2. The Balaban J connectivity index is 1.50. The lowest BCUT2D eigenvalue weighted by molar-refractivity contribution is -0.125. The van der Waals surface area contributed by atoms with Crippen molar-refractivity contribution in [2.24, 2.45) is 0 Å². The first-order valence-corrected chi connectivity index (χ1v) is 12.3. The number of rotatable bonds is 7. The smallest absolute Gasteiger partial charge is 0.411 e. The summed E-state index contributed by atoms with van der Waals surface area (Å²) in [6, 6.07) is 8.19. The van der Waals surface area contributed by atoms with E-state index in [2.05, 4.69) is 43.8 Å². The first-order valence-electron chi connectivity index (χ1n) is 12.3. The number of unbranched alkanes of at least 4 members (excludes halogenated alkanes) is 1. The van der Waals surface area contributed by atoms with Crippen LogP contribution in [0.25, 0.3) is 0 Å². The lowest BCUT2D eigenvalue weighted by Gasteiger charge is -2.27. The summed E-state index contributed by atoms with van der Waals surface area (Å²) in [5.41, 5.74) is 1.10. The van der Waals surface area contributed by atoms with Gasteiger partial charge >= 0.3 is 6.09 Å². The molecule has 1 saturated heterocycles. The van der Waals surface area contributed by atoms with Gasteiger partial charge in [-0.15, -0.1) is 0 Å². The Kier molecular flexibility index (Phi) is 9.44. The van der Waals surface area contributed by atoms with Crippen LogP contribution >= 0.6 is 0 Å². The zero-order valence-electron chi connectivity index (χ0n) is 22.0. The van der Waals surface area contributed by atoms with Gasteiger partial charge in [-0.2, -0.15) is 10.2 Å². The molecule has 1 aliphatic heterocycles. The van der Waals surface area contributed by atoms with Gasteiger partial charge in [-0.05, 0) is 45.4 Å². The van der Waals surface area contributed by atoms with E-state index in [0.29, 0.717) is 48.0 Å². The Morgan fingerprint density at radius 3 is 2.82 bits per heavy atom. The van der Waals surface area contributed by atoms with Crippen LogP contribution in [0.4, 0.5) is 26.6 Å². The van der Waals surface area contributed by atoms with Crippen molar-refractivity contribution in [3.05, 3.63) is 41.6 Å². The molecule has 2 amide bonds. The number of hydrogen-bond donors (Lipinski definition) is 3. The van der Waals surface area contributed by atoms with Gasteiger partial charge in [0.25, 0.3) is 0 Å². The number of alkyl halides is 1. The third-order valence-corrected chi connectivity index (χ3v) is 5.45. The lowest BCUT2D eigenvalue weighted by atomic mass is 10.2. The van der Waals surface area contributed by atoms with E-state index in [0.717, 1.165) is 4.90 Å². The van der Waals surface area contributed by atoms with E-state index >= 15 is 0 Å². The molecule has 0 bridgehead atoms. The molecule has 0 radical (unpaired) electrons. The molecule has 3 rings (SSSR count). The third-order valence-electron chi connectivity index (χ3n) is 5.45. The zero-order chi connectivity index (χ0) is 27.7. The summed E-state index contributed by atoms with van der Waals surface area (Å²) < 4.78 is 19.3. The van der Waals surface area contributed by atoms with Crippen molar-refractivity contribution in [1.29, 1.82) is 5.26 Å². The number of carbonyl (C=O) groups excluding carboxylic acids is 2. The molecule has 2 heterocycles. The summed E-state index contributed by atoms with van der Waals surface area (Å²) in [4.78, 5) is 34.8. The normalized spacial score (nSPS) is 16.6. The molecular formula is C27H32FN7O3. The average Bonchev–Trinajstić information content (AvgIpc) is 3.27. The SMILES string of the molecule is CNc1nc(Nc2cccc(C#N)c2)ncc1C#CCCCNC(=O)[C@@H]1C[C@H](F)CN1C(=O)OC(C)(C)C. The van der Waals surface area contributed by atoms with Crippen LogP contribution in [0.1, 0.15) is 51.2 Å². The van der Waals surface area contributed by atoms with E-state index in [-0.39, 0.29) is 13.0 Å². The maximum atomic E-state index is 14.0. The van der Waals surface area contributed by atoms with Gasteiger partial charge in [0.15, 0.2) is 0 Å². The van der Waals surface area contributed by atoms with Gasteiger partial charge in [0.2, 0.25) is 11.9 Å². The summed E-state index contributed by atoms with van der Waals surface area (Å²) in [6.07, 6.45) is 0.660. The fraction of sp³-hybridized carbons (Fsp3) is 0.444. The number of aromatic nitrogens is 2. The summed E-state index contributed by atoms with van der Waals surface area (Å²) in [7, 11) is 1.73. The molecule has 0 aliphatic carbocycles. The topological polar surface area (TPSA) is 132 Å². The second-order valence-electron chi connectivity index (χ2n) is 9.70. The Morgan fingerprint density at radius 2 is 2.11 bits per heavy atom. The minimum absolute atomic E-state index is 0.0493. The predicted octanol–water partition coefficient (Wildman–Crippen LogP) is 3.73. The number of benzene rings is 1. The molecule has 1 aromatic carbocycles. The molecule has 1 fully saturated rings. The van der Waals surface area contributed by atoms with E-state index in [9.17, 15) is 14.0 Å². The van der Waals surface area contributed by atoms with Crippen LogP contribution in [-0.4, -0.2) is 64.8 Å². The van der Waals surface area contributed by atoms with Crippen LogP contribution in [-0.2, 0) is 9.53 Å². The molecule has 2 aromatic rings. The number of anilines is 3. The molecule has 38 heavy (non-hydrogen) atoms. The van der Waals surface area contributed by atoms with Crippen molar-refractivity contribution in [3.8, 4) is 17.9 Å². The highest BCUT2D eigenvalue weighted by atomic mass is 19.1. The molecule has 10 nitrogen and oxygen atoms in total. The van der Waals surface area contributed by atoms with Crippen molar-refractivity contribution in [3.63, 3.8) is 0 Å². The maximum Gasteiger partial charge on any atom is 0.411 e. The van der Waals surface area contributed by atoms with Crippen LogP contribution in [0.3, 0.4) is 0 Å². The minimum atomic E-state index is -1.27. The monoisotopic (exact) mass is 521 g/mol. The van der Waals surface area contributed by atoms with Gasteiger partial charge in [0, 0.05) is 32.1 Å². The van der Waals surface area contributed by atoms with Crippen LogP contribution in [0, 0.1) is 23.2 Å². The van der Waals surface area contributed by atoms with Crippen molar-refractivity contribution >= 4 is 29.5 Å². The van der Waals surface area contributed by atoms with E-state index in [1.807, 2.05) is 6.07 Å². The standard InChI is InChI=1S/C27H32FN7O3/c1-27(2,3)38-26(37)35-17-20(28)14-22(35)24(36)31-12-7-5-6-10-19-16-32-25(34-23(19)30-4)33-21-11-8-9-18(13-21)15-29/h8-9,11,13,16,20,22H,5,7,12,14,17H2,1-4H3,(H,31,36)(H2,30,32,33,34)/t20-,22-/m0/s1. The number of likely N-dealkylation sites (tertiary alicyclic amines) is 1. The number of halogens is 1. The molecule has 3 N–H and O–H groups in total. The van der Waals surface area contributed by atoms with E-state index < -0.39 is 29.8 Å². The fourth-order valence-electron chi connectivity index (χ4n) is 3.74. The van der Waals surface area contributed by atoms with Gasteiger partial charge in [-0.3, -0.25) is 9.69 Å². The second kappa shape index (κ2) is 12.7. The maximum absolute atomic E-state index is 14.0. The fourth-order valence-corrected chi connectivity index (χ4v) is 3.74. The molecule has 1 aliphatic rings. The van der Waals surface area contributed by atoms with Gasteiger partial charge in [0.1, 0.15) is 23.6 Å². The predicted molar refractivity (Wildman–Crippen MR) is 141 cm³/mol. The Bertz CT molecular complexity index is 1260. The highest BCUT2D eigenvalue weighted by Gasteiger charge is 2.41. The van der Waals surface area contributed by atoms with Gasteiger partial charge < -0.3 is 20.7 Å². The number of hydrogen-bond acceptors (Lipinski definition) is 8. The van der Waals surface area contributed by atoms with Gasteiger partial charge in [-0.25, -0.2) is 14.2 Å². The molecule has 0 spiro atoms. The lowest BCUT2D eigenvalue weighted by Crippen LogP contribution is -2.47. The highest BCUT2D eigenvalue weighted by molar-refractivity contribution is 5.86. The molecule has 2 atom stereocenters. The summed E-state index contributed by atoms with van der Waals surface area (Å²) >= 11 is 0. The van der Waals surface area contributed by atoms with Crippen molar-refractivity contribution in [2.75, 3.05) is 30.8 Å². The summed E-state index contributed by atoms with van der Waals surface area (Å²) in [5, 5.41) is 17.9.